The molecule has 590 valence electrons. The summed E-state index contributed by atoms with van der Waals surface area (Å²) in [7, 11) is 0. The molecule has 126 heavy (non-hydrogen) atoms. The van der Waals surface area contributed by atoms with Gasteiger partial charge in [-0.1, -0.05) is 299 Å². The maximum absolute atomic E-state index is 5.34. The van der Waals surface area contributed by atoms with Crippen LogP contribution in [-0.2, 0) is 5.41 Å². The lowest BCUT2D eigenvalue weighted by Crippen LogP contribution is -2.15. The molecule has 0 bridgehead atoms. The van der Waals surface area contributed by atoms with Gasteiger partial charge in [0.15, 0.2) is 5.82 Å². The van der Waals surface area contributed by atoms with E-state index in [9.17, 15) is 0 Å². The Bertz CT molecular complexity index is 8700. The summed E-state index contributed by atoms with van der Waals surface area (Å²) in [5.74, 6) is 0.731. The fourth-order valence-electron chi connectivity index (χ4n) is 18.8. The molecule has 0 saturated carbocycles. The lowest BCUT2D eigenvalue weighted by molar-refractivity contribution is 0.661. The quantitative estimate of drug-likeness (QED) is 0.143. The van der Waals surface area contributed by atoms with E-state index in [2.05, 4.69) is 372 Å². The molecule has 1 aliphatic rings. The summed E-state index contributed by atoms with van der Waals surface area (Å²) in [6, 6.07) is 145. The lowest BCUT2D eigenvalue weighted by Gasteiger charge is -2.22. The highest BCUT2D eigenvalue weighted by Crippen LogP contribution is 2.52. The van der Waals surface area contributed by atoms with Crippen LogP contribution in [0.4, 0.5) is 0 Å². The molecule has 18 aromatic carbocycles. The van der Waals surface area contributed by atoms with Gasteiger partial charge >= 0.3 is 0 Å². The van der Waals surface area contributed by atoms with Gasteiger partial charge in [0.2, 0.25) is 0 Å². The highest BCUT2D eigenvalue weighted by molar-refractivity contribution is 7.26. The Balaban J connectivity index is 0.000000106. The summed E-state index contributed by atoms with van der Waals surface area (Å²) >= 11 is 5.53. The SMILES string of the molecule is CC1(C)c2cc(-c3nc(-c4ccc5sc6ccccc6c5c4)cc4ncccc34)ccc2-c2cc3ccccc3cc21.c1ccc(-c2nc(-c3ccc4ccccc4c3)c3ccc(-c4ccc(-c5cccc6sc7ccccc7c56)cc4)cc3n2)cc1.c1ccc2cc(-c3ccc(-c4nc5ccccc5nc4-c4ccc5sc6ccccc6c5c4)cc3)ccc2c1. The Morgan fingerprint density at radius 2 is 0.659 bits per heavy atom. The van der Waals surface area contributed by atoms with E-state index in [4.69, 9.17) is 29.9 Å². The van der Waals surface area contributed by atoms with E-state index in [0.29, 0.717) is 0 Å². The van der Waals surface area contributed by atoms with Gasteiger partial charge in [-0.15, -0.1) is 34.0 Å². The van der Waals surface area contributed by atoms with E-state index in [1.807, 2.05) is 88.7 Å². The second kappa shape index (κ2) is 30.6. The van der Waals surface area contributed by atoms with Crippen LogP contribution in [-0.4, -0.2) is 29.9 Å². The summed E-state index contributed by atoms with van der Waals surface area (Å²) in [5, 5.41) is 17.4. The second-order valence-electron chi connectivity index (χ2n) is 33.1. The van der Waals surface area contributed by atoms with Gasteiger partial charge < -0.3 is 0 Å². The van der Waals surface area contributed by atoms with Crippen LogP contribution in [0, 0.1) is 0 Å². The van der Waals surface area contributed by atoms with Gasteiger partial charge in [-0.3, -0.25) is 4.98 Å². The van der Waals surface area contributed by atoms with Crippen molar-refractivity contribution in [1.29, 1.82) is 0 Å². The molecule has 7 heterocycles. The maximum atomic E-state index is 5.34. The minimum Gasteiger partial charge on any atom is -0.256 e. The van der Waals surface area contributed by atoms with Gasteiger partial charge in [0.25, 0.3) is 0 Å². The van der Waals surface area contributed by atoms with Crippen LogP contribution in [0.2, 0.25) is 0 Å². The van der Waals surface area contributed by atoms with Crippen molar-refractivity contribution in [2.45, 2.75) is 19.3 Å². The summed E-state index contributed by atoms with van der Waals surface area (Å²) in [4.78, 5) is 30.6. The number of hydrogen-bond acceptors (Lipinski definition) is 9. The first-order chi connectivity index (χ1) is 62.1. The fourth-order valence-corrected chi connectivity index (χ4v) is 22.1. The molecule has 9 heteroatoms. The molecule has 26 rings (SSSR count). The maximum Gasteiger partial charge on any atom is 0.160 e. The molecular formula is C117H74N6S3. The average molecular weight is 1660 g/mol. The first-order valence-electron chi connectivity index (χ1n) is 42.6. The molecule has 0 saturated heterocycles. The molecule has 0 atom stereocenters. The normalized spacial score (nSPS) is 12.3. The molecule has 0 amide bonds. The van der Waals surface area contributed by atoms with Crippen molar-refractivity contribution in [3.8, 4) is 112 Å². The molecule has 1 aliphatic carbocycles. The van der Waals surface area contributed by atoms with Crippen LogP contribution in [0.3, 0.4) is 0 Å². The van der Waals surface area contributed by atoms with Crippen LogP contribution < -0.4 is 0 Å². The van der Waals surface area contributed by atoms with Crippen LogP contribution in [0.1, 0.15) is 25.0 Å². The number of hydrogen-bond donors (Lipinski definition) is 0. The van der Waals surface area contributed by atoms with Gasteiger partial charge in [0.05, 0.1) is 50.5 Å². The van der Waals surface area contributed by atoms with E-state index in [-0.39, 0.29) is 5.41 Å². The van der Waals surface area contributed by atoms with Crippen LogP contribution in [0.25, 0.3) is 238 Å². The van der Waals surface area contributed by atoms with E-state index < -0.39 is 0 Å². The molecular weight excluding hydrogens is 1590 g/mol. The zero-order valence-electron chi connectivity index (χ0n) is 68.7. The molecule has 0 radical (unpaired) electrons. The van der Waals surface area contributed by atoms with Gasteiger partial charge in [-0.25, -0.2) is 24.9 Å². The van der Waals surface area contributed by atoms with Crippen LogP contribution in [0.5, 0.6) is 0 Å². The van der Waals surface area contributed by atoms with Crippen molar-refractivity contribution in [3.63, 3.8) is 0 Å². The largest absolute Gasteiger partial charge is 0.256 e. The van der Waals surface area contributed by atoms with Crippen LogP contribution >= 0.6 is 34.0 Å². The first-order valence-corrected chi connectivity index (χ1v) is 45.1. The summed E-state index contributed by atoms with van der Waals surface area (Å²) in [6.45, 7) is 4.69. The highest BCUT2D eigenvalue weighted by Gasteiger charge is 2.36. The van der Waals surface area contributed by atoms with Gasteiger partial charge in [-0.2, -0.15) is 0 Å². The smallest absolute Gasteiger partial charge is 0.160 e. The topological polar surface area (TPSA) is 77.3 Å². The van der Waals surface area contributed by atoms with Crippen molar-refractivity contribution in [1.82, 2.24) is 29.9 Å². The van der Waals surface area contributed by atoms with Gasteiger partial charge in [-0.05, 0) is 209 Å². The average Bonchev–Trinajstić information content (AvgIpc) is 1.56. The minimum absolute atomic E-state index is 0.110. The number of nitrogens with zero attached hydrogens (tertiary/aromatic N) is 6. The standard InChI is InChI=1S/C42H26N2S.C39H26N2S.C36H22N2S/c1-2-10-30(11-3-1)42-43-37-26-32(23-24-35(37)41(44-42)33-22-19-27-9-4-5-12-31(27)25-33)28-17-20-29(21-18-28)34-14-8-16-39-40(34)36-13-6-7-15-38(36)45-39;1-39(2)32-21-26(13-15-27(32)30-18-23-8-3-4-9-24(23)20-33(30)39)38-29-11-7-17-40-35(29)22-34(41-38)25-14-16-37-31(19-25)28-10-5-6-12-36(28)42-37;1-2-8-26-21-27(18-15-23(26)7-1)24-13-16-25(17-14-24)35-36(38-32-11-5-4-10-31(32)37-35)28-19-20-34-30(22-28)29-9-3-6-12-33(29)39-34/h1-26H;3-22H,1-2H3;1-22H. The van der Waals surface area contributed by atoms with Crippen molar-refractivity contribution < 1.29 is 0 Å². The molecule has 25 aromatic rings. The summed E-state index contributed by atoms with van der Waals surface area (Å²) in [5.41, 5.74) is 27.3. The molecule has 0 spiro atoms. The monoisotopic (exact) mass is 1660 g/mol. The van der Waals surface area contributed by atoms with Crippen molar-refractivity contribution in [2.24, 2.45) is 0 Å². The predicted molar refractivity (Wildman–Crippen MR) is 536 cm³/mol. The fraction of sp³-hybridized carbons (Fsp3) is 0.0256. The Hall–Kier alpha value is -15.4. The van der Waals surface area contributed by atoms with Crippen LogP contribution in [0.15, 0.2) is 413 Å². The third kappa shape index (κ3) is 13.2. The number of para-hydroxylation sites is 2. The predicted octanol–water partition coefficient (Wildman–Crippen LogP) is 32.8. The van der Waals surface area contributed by atoms with E-state index in [1.165, 1.54) is 137 Å². The number of thiophene rings is 3. The van der Waals surface area contributed by atoms with E-state index >= 15 is 0 Å². The zero-order valence-corrected chi connectivity index (χ0v) is 71.1. The van der Waals surface area contributed by atoms with E-state index in [0.717, 1.165) is 112 Å². The number of benzene rings is 18. The third-order valence-corrected chi connectivity index (χ3v) is 28.7. The molecule has 0 aliphatic heterocycles. The number of aromatic nitrogens is 6. The number of pyridine rings is 2. The second-order valence-corrected chi connectivity index (χ2v) is 36.4. The van der Waals surface area contributed by atoms with E-state index in [1.54, 1.807) is 0 Å². The Morgan fingerprint density at radius 3 is 1.35 bits per heavy atom. The summed E-state index contributed by atoms with van der Waals surface area (Å²) in [6.07, 6.45) is 1.87. The molecule has 0 unspecified atom stereocenters. The van der Waals surface area contributed by atoms with Gasteiger partial charge in [0.1, 0.15) is 0 Å². The lowest BCUT2D eigenvalue weighted by atomic mass is 9.81. The highest BCUT2D eigenvalue weighted by atomic mass is 32.1. The van der Waals surface area contributed by atoms with Crippen molar-refractivity contribution in [3.05, 3.63) is 424 Å². The van der Waals surface area contributed by atoms with Crippen molar-refractivity contribution in [2.75, 3.05) is 0 Å². The third-order valence-electron chi connectivity index (χ3n) is 25.2. The molecule has 6 nitrogen and oxygen atoms in total. The first kappa shape index (κ1) is 74.5. The minimum atomic E-state index is -0.110. The van der Waals surface area contributed by atoms with Crippen molar-refractivity contribution >= 4 is 160 Å². The Morgan fingerprint density at radius 1 is 0.206 bits per heavy atom. The zero-order chi connectivity index (χ0) is 83.5. The van der Waals surface area contributed by atoms with Gasteiger partial charge in [0, 0.05) is 116 Å². The summed E-state index contributed by atoms with van der Waals surface area (Å²) < 4.78 is 7.85. The Kier molecular flexibility index (Phi) is 18.1. The Labute approximate surface area is 739 Å². The number of fused-ring (bicyclic) bond motifs is 18. The molecule has 0 fully saturated rings. The number of rotatable bonds is 9. The molecule has 0 N–H and O–H groups in total. The molecule has 7 aromatic heterocycles.